The van der Waals surface area contributed by atoms with Crippen LogP contribution < -0.4 is 4.90 Å². The van der Waals surface area contributed by atoms with Gasteiger partial charge in [-0.25, -0.2) is 0 Å². The molecular weight excluding hydrogens is 322 g/mol. The maximum atomic E-state index is 13.1. The van der Waals surface area contributed by atoms with E-state index < -0.39 is 0 Å². The molecule has 1 aliphatic heterocycles. The van der Waals surface area contributed by atoms with E-state index in [2.05, 4.69) is 19.1 Å². The zero-order valence-corrected chi connectivity index (χ0v) is 15.3. The number of Topliss-reactive ketones (excluding diaryl/α,β-unsaturated/α-hetero) is 1. The first-order valence-electron chi connectivity index (χ1n) is 9.27. The van der Waals surface area contributed by atoms with E-state index in [-0.39, 0.29) is 17.6 Å². The summed E-state index contributed by atoms with van der Waals surface area (Å²) in [6, 6.07) is 16.1. The van der Waals surface area contributed by atoms with Gasteiger partial charge in [-0.2, -0.15) is 0 Å². The van der Waals surface area contributed by atoms with Crippen LogP contribution in [0.2, 0.25) is 0 Å². The highest BCUT2D eigenvalue weighted by Crippen LogP contribution is 2.44. The van der Waals surface area contributed by atoms with Gasteiger partial charge in [0.05, 0.1) is 0 Å². The molecule has 0 N–H and O–H groups in total. The average Bonchev–Trinajstić information content (AvgIpc) is 2.61. The quantitative estimate of drug-likeness (QED) is 0.782. The van der Waals surface area contributed by atoms with Gasteiger partial charge in [-0.1, -0.05) is 36.4 Å². The summed E-state index contributed by atoms with van der Waals surface area (Å²) in [5, 5.41) is 0. The molecule has 0 fully saturated rings. The van der Waals surface area contributed by atoms with Gasteiger partial charge < -0.3 is 0 Å². The summed E-state index contributed by atoms with van der Waals surface area (Å²) in [7, 11) is 0. The van der Waals surface area contributed by atoms with Crippen molar-refractivity contribution in [2.24, 2.45) is 0 Å². The Balaban J connectivity index is 1.89. The summed E-state index contributed by atoms with van der Waals surface area (Å²) in [5.41, 5.74) is 6.00. The monoisotopic (exact) mass is 345 g/mol. The lowest BCUT2D eigenvalue weighted by Crippen LogP contribution is -2.40. The van der Waals surface area contributed by atoms with E-state index in [1.807, 2.05) is 43.3 Å². The van der Waals surface area contributed by atoms with Crippen LogP contribution in [0.5, 0.6) is 0 Å². The largest absolute Gasteiger partial charge is 0.294 e. The first kappa shape index (κ1) is 16.8. The molecule has 2 aliphatic rings. The normalized spacial score (nSPS) is 20.4. The van der Waals surface area contributed by atoms with Crippen molar-refractivity contribution >= 4 is 17.4 Å². The molecule has 4 rings (SSSR count). The summed E-state index contributed by atoms with van der Waals surface area (Å²) in [4.78, 5) is 27.8. The number of rotatable bonds is 2. The third-order valence-electron chi connectivity index (χ3n) is 5.50. The third kappa shape index (κ3) is 2.78. The van der Waals surface area contributed by atoms with Crippen molar-refractivity contribution in [3.05, 3.63) is 76.5 Å². The maximum absolute atomic E-state index is 13.1. The van der Waals surface area contributed by atoms with Gasteiger partial charge in [0, 0.05) is 35.7 Å². The fraction of sp³-hybridized carbons (Fsp3) is 0.304. The fourth-order valence-corrected chi connectivity index (χ4v) is 4.30. The number of allylic oxidation sites excluding steroid dienone is 2. The molecule has 1 unspecified atom stereocenters. The van der Waals surface area contributed by atoms with Gasteiger partial charge >= 0.3 is 0 Å². The predicted molar refractivity (Wildman–Crippen MR) is 103 cm³/mol. The van der Waals surface area contributed by atoms with Gasteiger partial charge in [0.15, 0.2) is 5.78 Å². The van der Waals surface area contributed by atoms with Crippen LogP contribution in [0.4, 0.5) is 5.69 Å². The summed E-state index contributed by atoms with van der Waals surface area (Å²) >= 11 is 0. The van der Waals surface area contributed by atoms with Crippen LogP contribution >= 0.6 is 0 Å². The highest BCUT2D eigenvalue weighted by atomic mass is 16.2. The zero-order chi connectivity index (χ0) is 18.3. The fourth-order valence-electron chi connectivity index (χ4n) is 4.30. The Labute approximate surface area is 154 Å². The minimum absolute atomic E-state index is 0.0808. The van der Waals surface area contributed by atoms with Crippen molar-refractivity contribution in [2.75, 3.05) is 4.90 Å². The topological polar surface area (TPSA) is 37.4 Å². The second-order valence-corrected chi connectivity index (χ2v) is 7.32. The van der Waals surface area contributed by atoms with E-state index in [9.17, 15) is 9.59 Å². The van der Waals surface area contributed by atoms with Crippen LogP contribution in [-0.4, -0.2) is 11.7 Å². The molecule has 0 radical (unpaired) electrons. The average molecular weight is 345 g/mol. The molecule has 1 atom stereocenters. The van der Waals surface area contributed by atoms with Crippen molar-refractivity contribution in [2.45, 2.75) is 45.4 Å². The Morgan fingerprint density at radius 3 is 2.54 bits per heavy atom. The summed E-state index contributed by atoms with van der Waals surface area (Å²) in [6.45, 7) is 4.08. The molecule has 2 aromatic rings. The standard InChI is InChI=1S/C23H23NO2/c1-15-7-5-9-17(13-15)24-20-11-6-12-21(25)23(20)19(14-22(24)26)18-10-4-3-8-16(18)2/h3-5,7-10,13,19H,6,11-12,14H2,1-2H3. The third-order valence-corrected chi connectivity index (χ3v) is 5.50. The van der Waals surface area contributed by atoms with Crippen LogP contribution in [0.1, 0.15) is 48.3 Å². The number of ketones is 1. The molecule has 1 amide bonds. The summed E-state index contributed by atoms with van der Waals surface area (Å²) in [5.74, 6) is 0.162. The lowest BCUT2D eigenvalue weighted by Gasteiger charge is -2.38. The molecule has 2 aromatic carbocycles. The number of hydrogen-bond acceptors (Lipinski definition) is 2. The number of benzene rings is 2. The predicted octanol–water partition coefficient (Wildman–Crippen LogP) is 4.83. The van der Waals surface area contributed by atoms with Crippen LogP contribution in [0.15, 0.2) is 59.8 Å². The van der Waals surface area contributed by atoms with Gasteiger partial charge in [0.25, 0.3) is 0 Å². The second kappa shape index (κ2) is 6.56. The second-order valence-electron chi connectivity index (χ2n) is 7.32. The number of nitrogens with zero attached hydrogens (tertiary/aromatic N) is 1. The van der Waals surface area contributed by atoms with E-state index >= 15 is 0 Å². The molecule has 1 aliphatic carbocycles. The number of aryl methyl sites for hydroxylation is 2. The van der Waals surface area contributed by atoms with Gasteiger partial charge in [0.2, 0.25) is 5.91 Å². The molecule has 26 heavy (non-hydrogen) atoms. The molecule has 3 heteroatoms. The Bertz CT molecular complexity index is 925. The van der Waals surface area contributed by atoms with E-state index in [1.54, 1.807) is 4.90 Å². The SMILES string of the molecule is Cc1cccc(N2C(=O)CC(c3ccccc3C)C3=C2CCCC3=O)c1. The lowest BCUT2D eigenvalue weighted by atomic mass is 9.76. The van der Waals surface area contributed by atoms with Crippen LogP contribution in [0.3, 0.4) is 0 Å². The highest BCUT2D eigenvalue weighted by Gasteiger charge is 2.40. The number of carbonyl (C=O) groups excluding carboxylic acids is 2. The van der Waals surface area contributed by atoms with Gasteiger partial charge in [0.1, 0.15) is 0 Å². The molecule has 132 valence electrons. The van der Waals surface area contributed by atoms with E-state index in [4.69, 9.17) is 0 Å². The van der Waals surface area contributed by atoms with E-state index in [0.717, 1.165) is 46.5 Å². The highest BCUT2D eigenvalue weighted by molar-refractivity contribution is 6.07. The Morgan fingerprint density at radius 1 is 0.962 bits per heavy atom. The summed E-state index contributed by atoms with van der Waals surface area (Å²) in [6.07, 6.45) is 2.53. The van der Waals surface area contributed by atoms with Gasteiger partial charge in [-0.3, -0.25) is 14.5 Å². The van der Waals surface area contributed by atoms with Gasteiger partial charge in [-0.15, -0.1) is 0 Å². The van der Waals surface area contributed by atoms with Crippen molar-refractivity contribution in [3.8, 4) is 0 Å². The van der Waals surface area contributed by atoms with Crippen molar-refractivity contribution in [3.63, 3.8) is 0 Å². The Kier molecular flexibility index (Phi) is 4.23. The minimum Gasteiger partial charge on any atom is -0.294 e. The molecular formula is C23H23NO2. The maximum Gasteiger partial charge on any atom is 0.232 e. The first-order chi connectivity index (χ1) is 12.6. The lowest BCUT2D eigenvalue weighted by molar-refractivity contribution is -0.119. The number of amides is 1. The Hall–Kier alpha value is -2.68. The zero-order valence-electron chi connectivity index (χ0n) is 15.3. The van der Waals surface area contributed by atoms with Crippen molar-refractivity contribution < 1.29 is 9.59 Å². The number of hydrogen-bond donors (Lipinski definition) is 0. The molecule has 0 bridgehead atoms. The van der Waals surface area contributed by atoms with Crippen molar-refractivity contribution in [1.29, 1.82) is 0 Å². The van der Waals surface area contributed by atoms with Gasteiger partial charge in [-0.05, 0) is 55.5 Å². The smallest absolute Gasteiger partial charge is 0.232 e. The van der Waals surface area contributed by atoms with E-state index in [1.165, 1.54) is 0 Å². The van der Waals surface area contributed by atoms with Crippen molar-refractivity contribution in [1.82, 2.24) is 0 Å². The molecule has 3 nitrogen and oxygen atoms in total. The summed E-state index contributed by atoms with van der Waals surface area (Å²) < 4.78 is 0. The number of anilines is 1. The molecule has 0 saturated carbocycles. The number of carbonyl (C=O) groups is 2. The minimum atomic E-state index is -0.118. The van der Waals surface area contributed by atoms with E-state index in [0.29, 0.717) is 12.8 Å². The molecule has 0 spiro atoms. The van der Waals surface area contributed by atoms with Crippen LogP contribution in [0, 0.1) is 13.8 Å². The van der Waals surface area contributed by atoms with Crippen LogP contribution in [0.25, 0.3) is 0 Å². The Morgan fingerprint density at radius 2 is 1.77 bits per heavy atom. The molecule has 0 aromatic heterocycles. The first-order valence-corrected chi connectivity index (χ1v) is 9.27. The molecule has 1 heterocycles. The van der Waals surface area contributed by atoms with Crippen LogP contribution in [-0.2, 0) is 9.59 Å². The molecule has 0 saturated heterocycles.